The monoisotopic (exact) mass is 319 g/mol. The molecule has 0 fully saturated rings. The summed E-state index contributed by atoms with van der Waals surface area (Å²) in [5.74, 6) is 0.875. The van der Waals surface area contributed by atoms with E-state index in [0.717, 1.165) is 27.8 Å². The second-order valence-corrected chi connectivity index (χ2v) is 5.33. The summed E-state index contributed by atoms with van der Waals surface area (Å²) >= 11 is 3.43. The molecule has 0 aliphatic carbocycles. The number of nitrogens with two attached hydrogens (primary N) is 1. The Morgan fingerprint density at radius 2 is 1.79 bits per heavy atom. The minimum absolute atomic E-state index is 0.166. The Morgan fingerprint density at radius 3 is 2.47 bits per heavy atom. The average Bonchev–Trinajstić information content (AvgIpc) is 2.45. The van der Waals surface area contributed by atoms with Crippen LogP contribution in [0.5, 0.6) is 5.75 Å². The zero-order chi connectivity index (χ0) is 13.7. The van der Waals surface area contributed by atoms with E-state index in [9.17, 15) is 0 Å². The first-order valence-electron chi connectivity index (χ1n) is 6.45. The Balaban J connectivity index is 2.27. The molecule has 2 aromatic carbocycles. The summed E-state index contributed by atoms with van der Waals surface area (Å²) in [7, 11) is 0. The van der Waals surface area contributed by atoms with Crippen molar-refractivity contribution in [2.75, 3.05) is 6.61 Å². The van der Waals surface area contributed by atoms with Crippen LogP contribution in [0.3, 0.4) is 0 Å². The molecule has 3 heteroatoms. The standard InChI is InChI=1S/C16H18BrNO/c1-2-11-19-15-6-4-3-5-14(15)16(18)12-7-9-13(17)10-8-12/h3-10,16H,2,11,18H2,1H3. The number of hydrogen-bond donors (Lipinski definition) is 1. The molecule has 19 heavy (non-hydrogen) atoms. The van der Waals surface area contributed by atoms with Crippen molar-refractivity contribution >= 4 is 15.9 Å². The predicted molar refractivity (Wildman–Crippen MR) is 82.4 cm³/mol. The fourth-order valence-electron chi connectivity index (χ4n) is 1.93. The molecular weight excluding hydrogens is 302 g/mol. The van der Waals surface area contributed by atoms with Gasteiger partial charge in [0, 0.05) is 10.0 Å². The number of rotatable bonds is 5. The van der Waals surface area contributed by atoms with E-state index < -0.39 is 0 Å². The van der Waals surface area contributed by atoms with Crippen LogP contribution in [0, 0.1) is 0 Å². The van der Waals surface area contributed by atoms with E-state index in [1.807, 2.05) is 48.5 Å². The lowest BCUT2D eigenvalue weighted by Crippen LogP contribution is -2.13. The van der Waals surface area contributed by atoms with Crippen molar-refractivity contribution in [3.63, 3.8) is 0 Å². The minimum atomic E-state index is -0.166. The van der Waals surface area contributed by atoms with Crippen LogP contribution in [-0.2, 0) is 0 Å². The molecule has 0 radical (unpaired) electrons. The molecule has 0 aliphatic heterocycles. The molecule has 2 N–H and O–H groups in total. The molecule has 0 saturated heterocycles. The second kappa shape index (κ2) is 6.73. The van der Waals surface area contributed by atoms with E-state index >= 15 is 0 Å². The summed E-state index contributed by atoms with van der Waals surface area (Å²) in [6.07, 6.45) is 0.988. The molecule has 2 nitrogen and oxygen atoms in total. The van der Waals surface area contributed by atoms with Crippen LogP contribution >= 0.6 is 15.9 Å². The summed E-state index contributed by atoms with van der Waals surface area (Å²) in [5, 5.41) is 0. The molecule has 0 heterocycles. The zero-order valence-corrected chi connectivity index (χ0v) is 12.6. The SMILES string of the molecule is CCCOc1ccccc1C(N)c1ccc(Br)cc1. The van der Waals surface area contributed by atoms with Gasteiger partial charge in [-0.25, -0.2) is 0 Å². The van der Waals surface area contributed by atoms with Gasteiger partial charge in [-0.3, -0.25) is 0 Å². The van der Waals surface area contributed by atoms with Gasteiger partial charge in [-0.15, -0.1) is 0 Å². The van der Waals surface area contributed by atoms with E-state index in [4.69, 9.17) is 10.5 Å². The molecule has 100 valence electrons. The van der Waals surface area contributed by atoms with Gasteiger partial charge in [0.2, 0.25) is 0 Å². The summed E-state index contributed by atoms with van der Waals surface area (Å²) in [4.78, 5) is 0. The lowest BCUT2D eigenvalue weighted by molar-refractivity contribution is 0.313. The van der Waals surface area contributed by atoms with Gasteiger partial charge in [0.1, 0.15) is 5.75 Å². The summed E-state index contributed by atoms with van der Waals surface area (Å²) < 4.78 is 6.82. The van der Waals surface area contributed by atoms with Gasteiger partial charge in [0.15, 0.2) is 0 Å². The third-order valence-electron chi connectivity index (χ3n) is 2.94. The third kappa shape index (κ3) is 3.58. The molecule has 0 amide bonds. The molecule has 0 saturated carbocycles. The average molecular weight is 320 g/mol. The lowest BCUT2D eigenvalue weighted by Gasteiger charge is -2.17. The van der Waals surface area contributed by atoms with Crippen LogP contribution < -0.4 is 10.5 Å². The number of halogens is 1. The molecule has 2 rings (SSSR count). The Hall–Kier alpha value is -1.32. The predicted octanol–water partition coefficient (Wildman–Crippen LogP) is 4.29. The molecular formula is C16H18BrNO. The Bertz CT molecular complexity index is 525. The first kappa shape index (κ1) is 14.1. The van der Waals surface area contributed by atoms with E-state index in [2.05, 4.69) is 22.9 Å². The maximum atomic E-state index is 6.34. The minimum Gasteiger partial charge on any atom is -0.493 e. The summed E-state index contributed by atoms with van der Waals surface area (Å²) in [5.41, 5.74) is 8.45. The van der Waals surface area contributed by atoms with E-state index in [0.29, 0.717) is 6.61 Å². The maximum Gasteiger partial charge on any atom is 0.124 e. The van der Waals surface area contributed by atoms with Crippen LogP contribution in [0.25, 0.3) is 0 Å². The van der Waals surface area contributed by atoms with Gasteiger partial charge in [0.25, 0.3) is 0 Å². The molecule has 0 aromatic heterocycles. The maximum absolute atomic E-state index is 6.34. The van der Waals surface area contributed by atoms with Gasteiger partial charge in [0.05, 0.1) is 12.6 Å². The van der Waals surface area contributed by atoms with Crippen molar-refractivity contribution in [2.45, 2.75) is 19.4 Å². The number of ether oxygens (including phenoxy) is 1. The summed E-state index contributed by atoms with van der Waals surface area (Å²) in [6, 6.07) is 15.9. The number of para-hydroxylation sites is 1. The normalized spacial score (nSPS) is 12.2. The Kier molecular flexibility index (Phi) is 5.00. The third-order valence-corrected chi connectivity index (χ3v) is 3.47. The van der Waals surface area contributed by atoms with Gasteiger partial charge in [-0.2, -0.15) is 0 Å². The van der Waals surface area contributed by atoms with Gasteiger partial charge >= 0.3 is 0 Å². The second-order valence-electron chi connectivity index (χ2n) is 4.42. The van der Waals surface area contributed by atoms with Crippen molar-refractivity contribution < 1.29 is 4.74 Å². The van der Waals surface area contributed by atoms with Crippen LogP contribution in [0.15, 0.2) is 53.0 Å². The molecule has 0 spiro atoms. The highest BCUT2D eigenvalue weighted by Crippen LogP contribution is 2.28. The van der Waals surface area contributed by atoms with Crippen LogP contribution in [0.4, 0.5) is 0 Å². The Labute approximate surface area is 122 Å². The number of benzene rings is 2. The largest absolute Gasteiger partial charge is 0.493 e. The molecule has 1 unspecified atom stereocenters. The topological polar surface area (TPSA) is 35.2 Å². The summed E-state index contributed by atoms with van der Waals surface area (Å²) in [6.45, 7) is 2.81. The van der Waals surface area contributed by atoms with E-state index in [-0.39, 0.29) is 6.04 Å². The van der Waals surface area contributed by atoms with Crippen LogP contribution in [0.1, 0.15) is 30.5 Å². The fourth-order valence-corrected chi connectivity index (χ4v) is 2.19. The zero-order valence-electron chi connectivity index (χ0n) is 11.0. The number of hydrogen-bond acceptors (Lipinski definition) is 2. The smallest absolute Gasteiger partial charge is 0.124 e. The highest BCUT2D eigenvalue weighted by molar-refractivity contribution is 9.10. The lowest BCUT2D eigenvalue weighted by atomic mass is 9.99. The van der Waals surface area contributed by atoms with Gasteiger partial charge < -0.3 is 10.5 Å². The molecule has 2 aromatic rings. The van der Waals surface area contributed by atoms with Crippen molar-refractivity contribution in [1.82, 2.24) is 0 Å². The Morgan fingerprint density at radius 1 is 1.11 bits per heavy atom. The highest BCUT2D eigenvalue weighted by Gasteiger charge is 2.13. The van der Waals surface area contributed by atoms with E-state index in [1.54, 1.807) is 0 Å². The van der Waals surface area contributed by atoms with E-state index in [1.165, 1.54) is 0 Å². The van der Waals surface area contributed by atoms with Crippen molar-refractivity contribution in [1.29, 1.82) is 0 Å². The van der Waals surface area contributed by atoms with Gasteiger partial charge in [-0.05, 0) is 30.2 Å². The molecule has 0 bridgehead atoms. The van der Waals surface area contributed by atoms with Crippen molar-refractivity contribution in [2.24, 2.45) is 5.73 Å². The molecule has 1 atom stereocenters. The fraction of sp³-hybridized carbons (Fsp3) is 0.250. The highest BCUT2D eigenvalue weighted by atomic mass is 79.9. The first-order valence-corrected chi connectivity index (χ1v) is 7.24. The quantitative estimate of drug-likeness (QED) is 0.892. The van der Waals surface area contributed by atoms with Gasteiger partial charge in [-0.1, -0.05) is 53.2 Å². The molecule has 0 aliphatic rings. The van der Waals surface area contributed by atoms with Crippen molar-refractivity contribution in [3.8, 4) is 5.75 Å². The van der Waals surface area contributed by atoms with Crippen molar-refractivity contribution in [3.05, 3.63) is 64.1 Å². The van der Waals surface area contributed by atoms with Crippen LogP contribution in [-0.4, -0.2) is 6.61 Å². The van der Waals surface area contributed by atoms with Crippen LogP contribution in [0.2, 0.25) is 0 Å². The first-order chi connectivity index (χ1) is 9.22.